The zero-order valence-electron chi connectivity index (χ0n) is 8.59. The molecule has 1 fully saturated rings. The summed E-state index contributed by atoms with van der Waals surface area (Å²) in [6, 6.07) is 1.57. The van der Waals surface area contributed by atoms with Gasteiger partial charge in [0, 0.05) is 18.7 Å². The average molecular weight is 262 g/mol. The Balaban J connectivity index is 2.30. The van der Waals surface area contributed by atoms with E-state index in [1.54, 1.807) is 11.4 Å². The van der Waals surface area contributed by atoms with Crippen LogP contribution in [0.3, 0.4) is 0 Å². The second kappa shape index (κ2) is 4.80. The molecule has 89 valence electrons. The molecule has 7 heteroatoms. The van der Waals surface area contributed by atoms with Crippen molar-refractivity contribution >= 4 is 21.4 Å². The highest BCUT2D eigenvalue weighted by atomic mass is 32.2. The van der Waals surface area contributed by atoms with E-state index in [0.29, 0.717) is 31.9 Å². The summed E-state index contributed by atoms with van der Waals surface area (Å²) in [5.41, 5.74) is 0.358. The summed E-state index contributed by atoms with van der Waals surface area (Å²) in [7, 11) is -3.49. The van der Waals surface area contributed by atoms with Crippen molar-refractivity contribution in [1.82, 2.24) is 4.31 Å². The molecule has 0 aromatic carbocycles. The van der Waals surface area contributed by atoms with Crippen molar-refractivity contribution < 1.29 is 18.3 Å². The van der Waals surface area contributed by atoms with Gasteiger partial charge in [-0.3, -0.25) is 0 Å². The molecule has 1 aromatic rings. The molecule has 2 rings (SSSR count). The molecule has 0 saturated carbocycles. The Labute approximate surface area is 98.3 Å². The fraction of sp³-hybridized carbons (Fsp3) is 0.556. The maximum atomic E-state index is 12.2. The quantitative estimate of drug-likeness (QED) is 0.805. The average Bonchev–Trinajstić information content (AvgIpc) is 2.79. The minimum atomic E-state index is -3.49. The second-order valence-electron chi connectivity index (χ2n) is 3.39. The van der Waals surface area contributed by atoms with Gasteiger partial charge in [0.05, 0.1) is 13.2 Å². The third-order valence-corrected chi connectivity index (χ3v) is 5.85. The molecule has 5 nitrogen and oxygen atoms in total. The standard InChI is InChI=1S/C9H12NO4S2/c11-7-8-1-6-15-9(8)16(12,13)10-2-4-14-5-3-10/h1,6H,2-5,7H2. The molecule has 1 saturated heterocycles. The summed E-state index contributed by atoms with van der Waals surface area (Å²) in [5, 5.41) is 12.5. The van der Waals surface area contributed by atoms with Gasteiger partial charge < -0.3 is 4.74 Å². The van der Waals surface area contributed by atoms with Gasteiger partial charge in [0.15, 0.2) is 0 Å². The SMILES string of the molecule is [O]Cc1ccsc1S(=O)(=O)N1CCOCC1. The summed E-state index contributed by atoms with van der Waals surface area (Å²) in [4.78, 5) is 0. The number of ether oxygens (including phenoxy) is 1. The van der Waals surface area contributed by atoms with E-state index in [-0.39, 0.29) is 4.21 Å². The Morgan fingerprint density at radius 3 is 2.69 bits per heavy atom. The Hall–Kier alpha value is -0.470. The van der Waals surface area contributed by atoms with Crippen LogP contribution in [0.5, 0.6) is 0 Å². The number of sulfonamides is 1. The Kier molecular flexibility index (Phi) is 3.60. The summed E-state index contributed by atoms with van der Waals surface area (Å²) in [6.45, 7) is 1.05. The van der Waals surface area contributed by atoms with Crippen molar-refractivity contribution in [1.29, 1.82) is 0 Å². The Morgan fingerprint density at radius 2 is 2.06 bits per heavy atom. The zero-order chi connectivity index (χ0) is 11.6. The van der Waals surface area contributed by atoms with Crippen molar-refractivity contribution in [2.24, 2.45) is 0 Å². The monoisotopic (exact) mass is 262 g/mol. The molecule has 1 aliphatic heterocycles. The number of morpholine rings is 1. The van der Waals surface area contributed by atoms with E-state index in [4.69, 9.17) is 4.74 Å². The number of thiophene rings is 1. The zero-order valence-corrected chi connectivity index (χ0v) is 10.2. The van der Waals surface area contributed by atoms with Crippen LogP contribution >= 0.6 is 11.3 Å². The minimum absolute atomic E-state index is 0.185. The first-order valence-corrected chi connectivity index (χ1v) is 7.20. The third kappa shape index (κ3) is 2.14. The summed E-state index contributed by atoms with van der Waals surface area (Å²) >= 11 is 1.10. The summed E-state index contributed by atoms with van der Waals surface area (Å²) in [6.07, 6.45) is 0. The van der Waals surface area contributed by atoms with Crippen molar-refractivity contribution in [3.8, 4) is 0 Å². The van der Waals surface area contributed by atoms with Gasteiger partial charge >= 0.3 is 0 Å². The van der Waals surface area contributed by atoms with Crippen LogP contribution in [0.4, 0.5) is 0 Å². The van der Waals surface area contributed by atoms with Gasteiger partial charge in [0.1, 0.15) is 10.8 Å². The first kappa shape index (κ1) is 12.0. The predicted octanol–water partition coefficient (Wildman–Crippen LogP) is 0.700. The van der Waals surface area contributed by atoms with Crippen molar-refractivity contribution in [2.45, 2.75) is 10.8 Å². The lowest BCUT2D eigenvalue weighted by molar-refractivity contribution is 0.0730. The number of nitrogens with zero attached hydrogens (tertiary/aromatic N) is 1. The molecule has 0 atom stereocenters. The normalized spacial score (nSPS) is 18.8. The molecule has 2 heterocycles. The smallest absolute Gasteiger partial charge is 0.253 e. The number of hydrogen-bond donors (Lipinski definition) is 0. The maximum Gasteiger partial charge on any atom is 0.253 e. The van der Waals surface area contributed by atoms with E-state index in [9.17, 15) is 13.5 Å². The Bertz CT molecular complexity index is 448. The van der Waals surface area contributed by atoms with Gasteiger partial charge in [-0.2, -0.15) is 4.31 Å². The molecule has 0 spiro atoms. The third-order valence-electron chi connectivity index (χ3n) is 2.41. The van der Waals surface area contributed by atoms with Crippen LogP contribution in [0.1, 0.15) is 5.56 Å². The van der Waals surface area contributed by atoms with Crippen molar-refractivity contribution in [3.63, 3.8) is 0 Å². The topological polar surface area (TPSA) is 66.5 Å². The molecule has 0 aliphatic carbocycles. The van der Waals surface area contributed by atoms with Crippen molar-refractivity contribution in [2.75, 3.05) is 26.3 Å². The largest absolute Gasteiger partial charge is 0.379 e. The minimum Gasteiger partial charge on any atom is -0.379 e. The van der Waals surface area contributed by atoms with Crippen LogP contribution in [0, 0.1) is 0 Å². The van der Waals surface area contributed by atoms with Gasteiger partial charge in [0.2, 0.25) is 0 Å². The van der Waals surface area contributed by atoms with E-state index in [1.807, 2.05) is 0 Å². The van der Waals surface area contributed by atoms with Gasteiger partial charge in [-0.25, -0.2) is 13.5 Å². The van der Waals surface area contributed by atoms with E-state index in [2.05, 4.69) is 0 Å². The molecule has 1 aromatic heterocycles. The first-order chi connectivity index (χ1) is 7.66. The van der Waals surface area contributed by atoms with E-state index in [0.717, 1.165) is 11.3 Å². The highest BCUT2D eigenvalue weighted by Gasteiger charge is 2.29. The van der Waals surface area contributed by atoms with Crippen molar-refractivity contribution in [3.05, 3.63) is 17.0 Å². The predicted molar refractivity (Wildman–Crippen MR) is 58.3 cm³/mol. The fourth-order valence-electron chi connectivity index (χ4n) is 1.56. The Morgan fingerprint density at radius 1 is 1.38 bits per heavy atom. The molecule has 1 radical (unpaired) electrons. The second-order valence-corrected chi connectivity index (χ2v) is 6.44. The lowest BCUT2D eigenvalue weighted by Gasteiger charge is -2.25. The van der Waals surface area contributed by atoms with Crippen LogP contribution < -0.4 is 0 Å². The molecular formula is C9H12NO4S2. The molecule has 16 heavy (non-hydrogen) atoms. The van der Waals surface area contributed by atoms with Crippen LogP contribution in [0.2, 0.25) is 0 Å². The molecule has 0 unspecified atom stereocenters. The van der Waals surface area contributed by atoms with Gasteiger partial charge in [-0.15, -0.1) is 11.3 Å². The number of rotatable bonds is 3. The highest BCUT2D eigenvalue weighted by Crippen LogP contribution is 2.26. The van der Waals surface area contributed by atoms with Gasteiger partial charge in [-0.1, -0.05) is 0 Å². The molecular weight excluding hydrogens is 250 g/mol. The molecule has 0 amide bonds. The van der Waals surface area contributed by atoms with Gasteiger partial charge in [-0.05, 0) is 11.4 Å². The van der Waals surface area contributed by atoms with E-state index < -0.39 is 16.6 Å². The fourth-order valence-corrected chi connectivity index (χ4v) is 4.49. The van der Waals surface area contributed by atoms with E-state index >= 15 is 0 Å². The van der Waals surface area contributed by atoms with Gasteiger partial charge in [0.25, 0.3) is 10.0 Å². The lowest BCUT2D eigenvalue weighted by atomic mass is 10.4. The first-order valence-electron chi connectivity index (χ1n) is 4.88. The lowest BCUT2D eigenvalue weighted by Crippen LogP contribution is -2.40. The van der Waals surface area contributed by atoms with Crippen LogP contribution in [0.15, 0.2) is 15.7 Å². The van der Waals surface area contributed by atoms with Crippen LogP contribution in [0.25, 0.3) is 0 Å². The highest BCUT2D eigenvalue weighted by molar-refractivity contribution is 7.91. The summed E-state index contributed by atoms with van der Waals surface area (Å²) in [5.74, 6) is 0. The maximum absolute atomic E-state index is 12.2. The molecule has 0 N–H and O–H groups in total. The van der Waals surface area contributed by atoms with Crippen LogP contribution in [-0.2, 0) is 26.5 Å². The number of hydrogen-bond acceptors (Lipinski definition) is 4. The molecule has 0 bridgehead atoms. The van der Waals surface area contributed by atoms with Crippen LogP contribution in [-0.4, -0.2) is 39.0 Å². The summed E-state index contributed by atoms with van der Waals surface area (Å²) < 4.78 is 31.0. The van der Waals surface area contributed by atoms with E-state index in [1.165, 1.54) is 4.31 Å². The molecule has 1 aliphatic rings.